The fraction of sp³-hybridized carbons (Fsp3) is 0.107. The minimum Gasteiger partial charge on any atom is -0.478 e. The topological polar surface area (TPSA) is 91.6 Å². The maximum absolute atomic E-state index is 13.1. The predicted octanol–water partition coefficient (Wildman–Crippen LogP) is 4.79. The molecule has 0 saturated carbocycles. The van der Waals surface area contributed by atoms with E-state index < -0.39 is 12.0 Å². The number of nitrogens with zero attached hydrogens (tertiary/aromatic N) is 2. The lowest BCUT2D eigenvalue weighted by atomic mass is 10.1. The van der Waals surface area contributed by atoms with Crippen LogP contribution in [0.25, 0.3) is 17.0 Å². The van der Waals surface area contributed by atoms with Gasteiger partial charge in [0.25, 0.3) is 5.91 Å². The molecule has 4 aromatic rings. The number of aryl methyl sites for hydroxylation is 1. The van der Waals surface area contributed by atoms with E-state index in [2.05, 4.69) is 5.32 Å². The van der Waals surface area contributed by atoms with Crippen molar-refractivity contribution >= 4 is 34.9 Å². The van der Waals surface area contributed by atoms with Gasteiger partial charge in [-0.05, 0) is 42.3 Å². The molecule has 1 aromatic heterocycles. The van der Waals surface area contributed by atoms with Crippen molar-refractivity contribution in [1.29, 1.82) is 0 Å². The Morgan fingerprint density at radius 1 is 0.943 bits per heavy atom. The molecule has 3 aromatic carbocycles. The number of hydrogen-bond donors (Lipinski definition) is 2. The largest absolute Gasteiger partial charge is 0.478 e. The highest BCUT2D eigenvalue weighted by atomic mass is 16.4. The number of aromatic carboxylic acids is 1. The fourth-order valence-corrected chi connectivity index (χ4v) is 4.38. The molecule has 5 rings (SSSR count). The minimum absolute atomic E-state index is 0.200. The number of benzene rings is 3. The molecule has 1 fully saturated rings. The third-order valence-electron chi connectivity index (χ3n) is 6.03. The van der Waals surface area contributed by atoms with E-state index in [0.717, 1.165) is 33.2 Å². The summed E-state index contributed by atoms with van der Waals surface area (Å²) in [5.74, 6) is -1.34. The maximum Gasteiger partial charge on any atom is 0.335 e. The van der Waals surface area contributed by atoms with Crippen LogP contribution >= 0.6 is 0 Å². The van der Waals surface area contributed by atoms with Gasteiger partial charge in [0.05, 0.1) is 12.1 Å². The van der Waals surface area contributed by atoms with Crippen LogP contribution in [0.15, 0.2) is 84.7 Å². The van der Waals surface area contributed by atoms with Crippen molar-refractivity contribution in [2.24, 2.45) is 0 Å². The third-order valence-corrected chi connectivity index (χ3v) is 6.03. The van der Waals surface area contributed by atoms with E-state index in [1.165, 1.54) is 4.90 Å². The number of carbonyl (C=O) groups excluding carboxylic acids is 2. The number of hydrogen-bond acceptors (Lipinski definition) is 3. The first-order chi connectivity index (χ1) is 16.9. The number of carbonyl (C=O) groups is 3. The first kappa shape index (κ1) is 22.2. The Hall–Kier alpha value is -4.65. The molecule has 0 radical (unpaired) electrons. The molecule has 0 aliphatic carbocycles. The molecule has 1 aliphatic heterocycles. The molecule has 174 valence electrons. The summed E-state index contributed by atoms with van der Waals surface area (Å²) >= 11 is 0. The van der Waals surface area contributed by atoms with Crippen LogP contribution in [-0.4, -0.2) is 32.5 Å². The van der Waals surface area contributed by atoms with Crippen LogP contribution in [0, 0.1) is 6.92 Å². The second kappa shape index (κ2) is 8.95. The quantitative estimate of drug-likeness (QED) is 0.316. The van der Waals surface area contributed by atoms with Crippen LogP contribution in [0.3, 0.4) is 0 Å². The van der Waals surface area contributed by atoms with Gasteiger partial charge in [-0.2, -0.15) is 0 Å². The van der Waals surface area contributed by atoms with Crippen molar-refractivity contribution in [3.63, 3.8) is 0 Å². The van der Waals surface area contributed by atoms with Crippen LogP contribution in [0.5, 0.6) is 0 Å². The summed E-state index contributed by atoms with van der Waals surface area (Å²) in [6, 6.07) is 21.9. The number of amides is 3. The van der Waals surface area contributed by atoms with Gasteiger partial charge in [-0.25, -0.2) is 9.59 Å². The van der Waals surface area contributed by atoms with E-state index in [9.17, 15) is 19.5 Å². The van der Waals surface area contributed by atoms with E-state index in [1.54, 1.807) is 24.3 Å². The Morgan fingerprint density at radius 2 is 1.69 bits per heavy atom. The smallest absolute Gasteiger partial charge is 0.335 e. The van der Waals surface area contributed by atoms with E-state index in [-0.39, 0.29) is 23.7 Å². The molecule has 1 saturated heterocycles. The average Bonchev–Trinajstić information content (AvgIpc) is 3.31. The highest BCUT2D eigenvalue weighted by Crippen LogP contribution is 2.26. The molecular weight excluding hydrogens is 442 g/mol. The summed E-state index contributed by atoms with van der Waals surface area (Å²) in [7, 11) is 0. The first-order valence-electron chi connectivity index (χ1n) is 11.2. The second-order valence-corrected chi connectivity index (χ2v) is 8.60. The van der Waals surface area contributed by atoms with Crippen LogP contribution < -0.4 is 5.32 Å². The number of imide groups is 1. The number of urea groups is 1. The van der Waals surface area contributed by atoms with Crippen molar-refractivity contribution < 1.29 is 19.5 Å². The monoisotopic (exact) mass is 465 g/mol. The number of aromatic nitrogens is 1. The van der Waals surface area contributed by atoms with Gasteiger partial charge in [0.15, 0.2) is 0 Å². The number of carboxylic acids is 1. The Labute approximate surface area is 201 Å². The van der Waals surface area contributed by atoms with E-state index in [1.807, 2.05) is 72.3 Å². The predicted molar refractivity (Wildman–Crippen MR) is 133 cm³/mol. The van der Waals surface area contributed by atoms with E-state index in [4.69, 9.17) is 0 Å². The summed E-state index contributed by atoms with van der Waals surface area (Å²) in [6.45, 7) is 2.63. The van der Waals surface area contributed by atoms with Gasteiger partial charge in [0.2, 0.25) is 0 Å². The standard InChI is InChI=1S/C28H23N3O4/c1-18-6-4-7-19(12-18)16-31-26(32)24(29-28(31)35)14-22-17-30(25-11-3-2-10-23(22)25)15-20-8-5-9-21(13-20)27(33)34/h2-14,17H,15-16H2,1H3,(H,29,35)(H,33,34)/b24-14+. The minimum atomic E-state index is -0.972. The fourth-order valence-electron chi connectivity index (χ4n) is 4.38. The summed E-state index contributed by atoms with van der Waals surface area (Å²) in [4.78, 5) is 38.2. The second-order valence-electron chi connectivity index (χ2n) is 8.60. The van der Waals surface area contributed by atoms with Gasteiger partial charge in [-0.3, -0.25) is 9.69 Å². The van der Waals surface area contributed by atoms with Crippen molar-refractivity contribution in [3.8, 4) is 0 Å². The molecule has 35 heavy (non-hydrogen) atoms. The Morgan fingerprint density at radius 3 is 2.46 bits per heavy atom. The molecule has 0 bridgehead atoms. The zero-order chi connectivity index (χ0) is 24.5. The van der Waals surface area contributed by atoms with Crippen LogP contribution in [0.2, 0.25) is 0 Å². The number of fused-ring (bicyclic) bond motifs is 1. The van der Waals surface area contributed by atoms with Gasteiger partial charge in [0.1, 0.15) is 5.70 Å². The highest BCUT2D eigenvalue weighted by molar-refractivity contribution is 6.14. The summed E-state index contributed by atoms with van der Waals surface area (Å²) in [6.07, 6.45) is 3.61. The van der Waals surface area contributed by atoms with Gasteiger partial charge in [0, 0.05) is 29.2 Å². The zero-order valence-electron chi connectivity index (χ0n) is 19.1. The number of nitrogens with one attached hydrogen (secondary N) is 1. The Bertz CT molecular complexity index is 1520. The summed E-state index contributed by atoms with van der Waals surface area (Å²) in [5, 5.41) is 12.9. The molecule has 2 N–H and O–H groups in total. The van der Waals surface area contributed by atoms with Gasteiger partial charge in [-0.15, -0.1) is 0 Å². The number of para-hydroxylation sites is 1. The van der Waals surface area contributed by atoms with E-state index in [0.29, 0.717) is 6.54 Å². The first-order valence-corrected chi connectivity index (χ1v) is 11.2. The average molecular weight is 466 g/mol. The molecule has 0 unspecified atom stereocenters. The molecule has 1 aliphatic rings. The molecule has 0 atom stereocenters. The SMILES string of the molecule is Cc1cccc(CN2C(=O)N/C(=C/c3cn(Cc4cccc(C(=O)O)c4)c4ccccc34)C2=O)c1. The molecule has 0 spiro atoms. The highest BCUT2D eigenvalue weighted by Gasteiger charge is 2.33. The lowest BCUT2D eigenvalue weighted by Crippen LogP contribution is -2.30. The van der Waals surface area contributed by atoms with Crippen molar-refractivity contribution in [2.75, 3.05) is 0 Å². The van der Waals surface area contributed by atoms with Gasteiger partial charge >= 0.3 is 12.0 Å². The summed E-state index contributed by atoms with van der Waals surface area (Å²) < 4.78 is 2.01. The Kier molecular flexibility index (Phi) is 5.66. The Balaban J connectivity index is 1.46. The molecular formula is C28H23N3O4. The normalized spacial score (nSPS) is 14.7. The molecule has 3 amide bonds. The van der Waals surface area contributed by atoms with Crippen molar-refractivity contribution in [1.82, 2.24) is 14.8 Å². The number of carboxylic acid groups (broad SMARTS) is 1. The van der Waals surface area contributed by atoms with Crippen LogP contribution in [-0.2, 0) is 17.9 Å². The third kappa shape index (κ3) is 4.44. The van der Waals surface area contributed by atoms with E-state index >= 15 is 0 Å². The maximum atomic E-state index is 13.1. The molecule has 7 heteroatoms. The van der Waals surface area contributed by atoms with Gasteiger partial charge in [-0.1, -0.05) is 60.2 Å². The molecule has 2 heterocycles. The van der Waals surface area contributed by atoms with Gasteiger partial charge < -0.3 is 15.0 Å². The van der Waals surface area contributed by atoms with Crippen LogP contribution in [0.1, 0.15) is 32.6 Å². The lowest BCUT2D eigenvalue weighted by molar-refractivity contribution is -0.123. The summed E-state index contributed by atoms with van der Waals surface area (Å²) in [5.41, 5.74) is 4.97. The lowest BCUT2D eigenvalue weighted by Gasteiger charge is -2.12. The van der Waals surface area contributed by atoms with Crippen molar-refractivity contribution in [3.05, 3.63) is 113 Å². The van der Waals surface area contributed by atoms with Crippen molar-refractivity contribution in [2.45, 2.75) is 20.0 Å². The number of rotatable bonds is 6. The molecule has 7 nitrogen and oxygen atoms in total. The van der Waals surface area contributed by atoms with Crippen LogP contribution in [0.4, 0.5) is 4.79 Å². The zero-order valence-corrected chi connectivity index (χ0v) is 19.1.